The zero-order valence-electron chi connectivity index (χ0n) is 17.4. The van der Waals surface area contributed by atoms with E-state index in [9.17, 15) is 10.2 Å². The fraction of sp³-hybridized carbons (Fsp3) is 0. The van der Waals surface area contributed by atoms with E-state index >= 15 is 0 Å². The molecule has 0 saturated carbocycles. The Kier molecular flexibility index (Phi) is 5.19. The number of benzene rings is 5. The van der Waals surface area contributed by atoms with E-state index in [1.807, 2.05) is 72.8 Å². The summed E-state index contributed by atoms with van der Waals surface area (Å²) < 4.78 is 0. The average molecular weight is 415 g/mol. The number of para-hydroxylation sites is 2. The molecular formula is C30H22O2. The summed E-state index contributed by atoms with van der Waals surface area (Å²) in [6, 6.07) is 39.5. The van der Waals surface area contributed by atoms with Crippen LogP contribution >= 0.6 is 0 Å². The van der Waals surface area contributed by atoms with E-state index in [0.29, 0.717) is 0 Å². The third-order valence-corrected chi connectivity index (χ3v) is 5.75. The van der Waals surface area contributed by atoms with Crippen molar-refractivity contribution in [3.8, 4) is 56.0 Å². The van der Waals surface area contributed by atoms with Gasteiger partial charge in [0.05, 0.1) is 0 Å². The molecule has 0 atom stereocenters. The molecule has 0 unspecified atom stereocenters. The highest BCUT2D eigenvalue weighted by Crippen LogP contribution is 2.39. The third-order valence-electron chi connectivity index (χ3n) is 5.75. The van der Waals surface area contributed by atoms with Gasteiger partial charge in [0.15, 0.2) is 0 Å². The molecule has 2 heteroatoms. The minimum Gasteiger partial charge on any atom is -0.507 e. The average Bonchev–Trinajstić information content (AvgIpc) is 2.85. The summed E-state index contributed by atoms with van der Waals surface area (Å²) in [7, 11) is 0. The van der Waals surface area contributed by atoms with Crippen molar-refractivity contribution in [2.45, 2.75) is 0 Å². The summed E-state index contributed by atoms with van der Waals surface area (Å²) in [6.45, 7) is 0. The van der Waals surface area contributed by atoms with Gasteiger partial charge < -0.3 is 10.2 Å². The summed E-state index contributed by atoms with van der Waals surface area (Å²) in [5, 5.41) is 20.7. The van der Waals surface area contributed by atoms with Crippen LogP contribution < -0.4 is 0 Å². The van der Waals surface area contributed by atoms with Gasteiger partial charge in [0.2, 0.25) is 0 Å². The van der Waals surface area contributed by atoms with Gasteiger partial charge in [-0.05, 0) is 45.5 Å². The topological polar surface area (TPSA) is 40.5 Å². The summed E-state index contributed by atoms with van der Waals surface area (Å²) in [5.41, 5.74) is 7.90. The Morgan fingerprint density at radius 1 is 0.281 bits per heavy atom. The van der Waals surface area contributed by atoms with E-state index in [1.54, 1.807) is 12.1 Å². The predicted octanol–water partition coefficient (Wildman–Crippen LogP) is 7.77. The molecule has 154 valence electrons. The quantitative estimate of drug-likeness (QED) is 0.315. The Morgan fingerprint density at radius 3 is 0.906 bits per heavy atom. The van der Waals surface area contributed by atoms with Crippen LogP contribution in [0.25, 0.3) is 44.5 Å². The minimum absolute atomic E-state index is 0.271. The third kappa shape index (κ3) is 3.63. The van der Waals surface area contributed by atoms with Gasteiger partial charge in [0.1, 0.15) is 11.5 Å². The summed E-state index contributed by atoms with van der Waals surface area (Å²) >= 11 is 0. The normalized spacial score (nSPS) is 10.8. The van der Waals surface area contributed by atoms with Crippen molar-refractivity contribution in [2.24, 2.45) is 0 Å². The van der Waals surface area contributed by atoms with Crippen LogP contribution in [-0.4, -0.2) is 10.2 Å². The molecule has 5 aromatic rings. The zero-order valence-corrected chi connectivity index (χ0v) is 17.4. The maximum Gasteiger partial charge on any atom is 0.123 e. The molecule has 0 amide bonds. The highest BCUT2D eigenvalue weighted by molar-refractivity contribution is 5.89. The molecule has 0 bridgehead atoms. The predicted molar refractivity (Wildman–Crippen MR) is 132 cm³/mol. The van der Waals surface area contributed by atoms with Crippen LogP contribution in [0.5, 0.6) is 11.5 Å². The summed E-state index contributed by atoms with van der Waals surface area (Å²) in [5.74, 6) is 0.543. The lowest BCUT2D eigenvalue weighted by Crippen LogP contribution is -1.88. The Morgan fingerprint density at radius 2 is 0.562 bits per heavy atom. The molecule has 0 aliphatic heterocycles. The molecule has 32 heavy (non-hydrogen) atoms. The van der Waals surface area contributed by atoms with Crippen molar-refractivity contribution in [3.63, 3.8) is 0 Å². The Labute approximate surface area is 187 Å². The van der Waals surface area contributed by atoms with Crippen molar-refractivity contribution < 1.29 is 10.2 Å². The summed E-state index contributed by atoms with van der Waals surface area (Å²) in [6.07, 6.45) is 0. The van der Waals surface area contributed by atoms with E-state index in [4.69, 9.17) is 0 Å². The van der Waals surface area contributed by atoms with Crippen molar-refractivity contribution in [2.75, 3.05) is 0 Å². The van der Waals surface area contributed by atoms with Crippen LogP contribution in [0.1, 0.15) is 0 Å². The molecule has 5 aromatic carbocycles. The standard InChI is InChI=1S/C30H22O2/c31-29-15-7-5-13-27(29)25-11-3-1-9-23(25)21-17-19-22(20-18-21)24-10-2-4-12-26(24)28-14-6-8-16-30(28)32/h1-20,31-32H. The van der Waals surface area contributed by atoms with Gasteiger partial charge in [-0.2, -0.15) is 0 Å². The fourth-order valence-corrected chi connectivity index (χ4v) is 4.17. The lowest BCUT2D eigenvalue weighted by molar-refractivity contribution is 0.477. The minimum atomic E-state index is 0.271. The molecule has 0 aliphatic carbocycles. The second-order valence-corrected chi connectivity index (χ2v) is 7.70. The largest absolute Gasteiger partial charge is 0.507 e. The van der Waals surface area contributed by atoms with Gasteiger partial charge in [-0.3, -0.25) is 0 Å². The van der Waals surface area contributed by atoms with Crippen molar-refractivity contribution in [3.05, 3.63) is 121 Å². The molecule has 0 heterocycles. The van der Waals surface area contributed by atoms with Gasteiger partial charge in [0, 0.05) is 11.1 Å². The number of rotatable bonds is 4. The zero-order chi connectivity index (χ0) is 21.9. The number of phenols is 2. The van der Waals surface area contributed by atoms with Crippen LogP contribution in [-0.2, 0) is 0 Å². The Hall–Kier alpha value is -4.30. The maximum absolute atomic E-state index is 10.4. The number of hydrogen-bond acceptors (Lipinski definition) is 2. The van der Waals surface area contributed by atoms with E-state index in [-0.39, 0.29) is 11.5 Å². The molecule has 0 spiro atoms. The smallest absolute Gasteiger partial charge is 0.123 e. The Balaban J connectivity index is 1.57. The van der Waals surface area contributed by atoms with Gasteiger partial charge in [-0.25, -0.2) is 0 Å². The first-order chi connectivity index (χ1) is 15.7. The molecule has 0 aromatic heterocycles. The fourth-order valence-electron chi connectivity index (χ4n) is 4.17. The first kappa shape index (κ1) is 19.7. The van der Waals surface area contributed by atoms with Crippen molar-refractivity contribution >= 4 is 0 Å². The van der Waals surface area contributed by atoms with Crippen molar-refractivity contribution in [1.82, 2.24) is 0 Å². The second kappa shape index (κ2) is 8.44. The van der Waals surface area contributed by atoms with Gasteiger partial charge >= 0.3 is 0 Å². The number of aromatic hydroxyl groups is 2. The lowest BCUT2D eigenvalue weighted by Gasteiger charge is -2.14. The van der Waals surface area contributed by atoms with Crippen molar-refractivity contribution in [1.29, 1.82) is 0 Å². The van der Waals surface area contributed by atoms with Gasteiger partial charge in [-0.15, -0.1) is 0 Å². The first-order valence-corrected chi connectivity index (χ1v) is 10.6. The van der Waals surface area contributed by atoms with Gasteiger partial charge in [0.25, 0.3) is 0 Å². The number of hydrogen-bond donors (Lipinski definition) is 2. The van der Waals surface area contributed by atoms with Crippen LogP contribution in [0.2, 0.25) is 0 Å². The first-order valence-electron chi connectivity index (χ1n) is 10.6. The van der Waals surface area contributed by atoms with Gasteiger partial charge in [-0.1, -0.05) is 109 Å². The Bertz CT molecular complexity index is 1280. The molecule has 0 aliphatic rings. The van der Waals surface area contributed by atoms with E-state index in [1.165, 1.54) is 0 Å². The summed E-state index contributed by atoms with van der Waals surface area (Å²) in [4.78, 5) is 0. The molecule has 5 rings (SSSR count). The van der Waals surface area contributed by atoms with Crippen LogP contribution in [0.15, 0.2) is 121 Å². The highest BCUT2D eigenvalue weighted by Gasteiger charge is 2.12. The molecule has 0 fully saturated rings. The molecule has 2 N–H and O–H groups in total. The molecular weight excluding hydrogens is 392 g/mol. The van der Waals surface area contributed by atoms with Crippen LogP contribution in [0, 0.1) is 0 Å². The second-order valence-electron chi connectivity index (χ2n) is 7.70. The molecule has 0 saturated heterocycles. The molecule has 0 radical (unpaired) electrons. The number of phenolic OH excluding ortho intramolecular Hbond substituents is 2. The van der Waals surface area contributed by atoms with E-state index < -0.39 is 0 Å². The van der Waals surface area contributed by atoms with E-state index in [2.05, 4.69) is 36.4 Å². The lowest BCUT2D eigenvalue weighted by atomic mass is 9.91. The maximum atomic E-state index is 10.4. The monoisotopic (exact) mass is 414 g/mol. The van der Waals surface area contributed by atoms with Crippen LogP contribution in [0.4, 0.5) is 0 Å². The highest BCUT2D eigenvalue weighted by atomic mass is 16.3. The van der Waals surface area contributed by atoms with E-state index in [0.717, 1.165) is 44.5 Å². The molecule has 2 nitrogen and oxygen atoms in total. The SMILES string of the molecule is Oc1ccccc1-c1ccccc1-c1ccc(-c2ccccc2-c2ccccc2O)cc1. The van der Waals surface area contributed by atoms with Crippen LogP contribution in [0.3, 0.4) is 0 Å².